The molecule has 0 radical (unpaired) electrons. The first-order valence-electron chi connectivity index (χ1n) is 8.76. The molecule has 4 nitrogen and oxygen atoms in total. The van der Waals surface area contributed by atoms with Gasteiger partial charge in [-0.2, -0.15) is 0 Å². The third-order valence-corrected chi connectivity index (χ3v) is 7.18. The van der Waals surface area contributed by atoms with Crippen LogP contribution < -0.4 is 4.72 Å². The molecule has 1 N–H and O–H groups in total. The van der Waals surface area contributed by atoms with Crippen molar-refractivity contribution >= 4 is 10.0 Å². The molecule has 0 aliphatic rings. The van der Waals surface area contributed by atoms with Gasteiger partial charge >= 0.3 is 0 Å². The van der Waals surface area contributed by atoms with Crippen molar-refractivity contribution in [1.29, 1.82) is 0 Å². The lowest BCUT2D eigenvalue weighted by atomic mass is 9.95. The molecule has 2 aromatic rings. The molecule has 0 aromatic heterocycles. The summed E-state index contributed by atoms with van der Waals surface area (Å²) in [5.41, 5.74) is 6.88. The number of rotatable bonds is 6. The van der Waals surface area contributed by atoms with E-state index in [0.29, 0.717) is 4.90 Å². The van der Waals surface area contributed by atoms with Crippen LogP contribution in [0.25, 0.3) is 0 Å². The first-order chi connectivity index (χ1) is 12.1. The number of sulfonamides is 1. The first kappa shape index (κ1) is 20.6. The van der Waals surface area contributed by atoms with Crippen LogP contribution in [-0.2, 0) is 14.8 Å². The molecule has 142 valence electrons. The summed E-state index contributed by atoms with van der Waals surface area (Å²) < 4.78 is 34.4. The maximum atomic E-state index is 13.1. The zero-order chi connectivity index (χ0) is 19.6. The van der Waals surface area contributed by atoms with Gasteiger partial charge in [0.2, 0.25) is 10.0 Å². The highest BCUT2D eigenvalue weighted by Gasteiger charge is 2.25. The van der Waals surface area contributed by atoms with E-state index in [1.165, 1.54) is 0 Å². The predicted octanol–water partition coefficient (Wildman–Crippen LogP) is 4.20. The van der Waals surface area contributed by atoms with Crippen molar-refractivity contribution in [3.05, 3.63) is 63.2 Å². The van der Waals surface area contributed by atoms with Crippen LogP contribution in [0.3, 0.4) is 0 Å². The molecule has 0 saturated heterocycles. The SMILES string of the molecule is COC(CNS(=O)(=O)c1c(C)c(C)c(C)c(C)c1C)c1ccccc1C. The third kappa shape index (κ3) is 3.85. The van der Waals surface area contributed by atoms with E-state index in [1.54, 1.807) is 7.11 Å². The van der Waals surface area contributed by atoms with Crippen LogP contribution in [0.4, 0.5) is 0 Å². The largest absolute Gasteiger partial charge is 0.375 e. The van der Waals surface area contributed by atoms with Gasteiger partial charge in [0.05, 0.1) is 11.0 Å². The van der Waals surface area contributed by atoms with Gasteiger partial charge in [-0.25, -0.2) is 13.1 Å². The van der Waals surface area contributed by atoms with Crippen molar-refractivity contribution in [3.8, 4) is 0 Å². The zero-order valence-electron chi connectivity index (χ0n) is 16.7. The van der Waals surface area contributed by atoms with Crippen molar-refractivity contribution in [2.24, 2.45) is 0 Å². The monoisotopic (exact) mass is 375 g/mol. The molecular weight excluding hydrogens is 346 g/mol. The molecule has 0 aliphatic carbocycles. The molecule has 0 fully saturated rings. The molecule has 1 atom stereocenters. The average Bonchev–Trinajstić information content (AvgIpc) is 2.60. The predicted molar refractivity (Wildman–Crippen MR) is 106 cm³/mol. The fourth-order valence-corrected chi connectivity index (χ4v) is 5.02. The Bertz CT molecular complexity index is 888. The van der Waals surface area contributed by atoms with Crippen molar-refractivity contribution in [2.45, 2.75) is 52.5 Å². The fraction of sp³-hybridized carbons (Fsp3) is 0.429. The summed E-state index contributed by atoms with van der Waals surface area (Å²) in [7, 11) is -2.04. The lowest BCUT2D eigenvalue weighted by Crippen LogP contribution is -2.31. The maximum Gasteiger partial charge on any atom is 0.241 e. The van der Waals surface area contributed by atoms with Crippen LogP contribution in [0, 0.1) is 41.5 Å². The van der Waals surface area contributed by atoms with E-state index in [4.69, 9.17) is 4.74 Å². The minimum absolute atomic E-state index is 0.189. The normalized spacial score (nSPS) is 13.0. The Morgan fingerprint density at radius 3 is 1.88 bits per heavy atom. The summed E-state index contributed by atoms with van der Waals surface area (Å²) in [5.74, 6) is 0. The van der Waals surface area contributed by atoms with Crippen LogP contribution in [-0.4, -0.2) is 22.1 Å². The molecule has 0 heterocycles. The van der Waals surface area contributed by atoms with Crippen LogP contribution in [0.2, 0.25) is 0 Å². The molecule has 2 rings (SSSR count). The Morgan fingerprint density at radius 1 is 0.885 bits per heavy atom. The molecule has 2 aromatic carbocycles. The topological polar surface area (TPSA) is 55.4 Å². The number of benzene rings is 2. The summed E-state index contributed by atoms with van der Waals surface area (Å²) in [6, 6.07) is 7.86. The molecule has 0 aliphatic heterocycles. The van der Waals surface area contributed by atoms with Gasteiger partial charge in [-0.05, 0) is 80.5 Å². The summed E-state index contributed by atoms with van der Waals surface area (Å²) in [6.07, 6.45) is -0.334. The smallest absolute Gasteiger partial charge is 0.241 e. The van der Waals surface area contributed by atoms with E-state index in [2.05, 4.69) is 4.72 Å². The van der Waals surface area contributed by atoms with Crippen LogP contribution >= 0.6 is 0 Å². The Hall–Kier alpha value is -1.69. The third-order valence-electron chi connectivity index (χ3n) is 5.48. The molecule has 0 spiro atoms. The van der Waals surface area contributed by atoms with Crippen molar-refractivity contribution in [1.82, 2.24) is 4.72 Å². The highest BCUT2D eigenvalue weighted by Crippen LogP contribution is 2.30. The Labute approximate surface area is 157 Å². The van der Waals surface area contributed by atoms with E-state index < -0.39 is 10.0 Å². The van der Waals surface area contributed by atoms with Gasteiger partial charge in [-0.15, -0.1) is 0 Å². The Balaban J connectivity index is 2.37. The van der Waals surface area contributed by atoms with Gasteiger partial charge in [0.15, 0.2) is 0 Å². The van der Waals surface area contributed by atoms with Gasteiger partial charge < -0.3 is 4.74 Å². The van der Waals surface area contributed by atoms with Crippen molar-refractivity contribution < 1.29 is 13.2 Å². The van der Waals surface area contributed by atoms with Crippen LogP contribution in [0.15, 0.2) is 29.2 Å². The highest BCUT2D eigenvalue weighted by atomic mass is 32.2. The van der Waals surface area contributed by atoms with E-state index in [1.807, 2.05) is 65.8 Å². The number of hydrogen-bond acceptors (Lipinski definition) is 3. The van der Waals surface area contributed by atoms with Gasteiger partial charge in [0.25, 0.3) is 0 Å². The maximum absolute atomic E-state index is 13.1. The quantitative estimate of drug-likeness (QED) is 0.823. The number of ether oxygens (including phenoxy) is 1. The molecule has 26 heavy (non-hydrogen) atoms. The average molecular weight is 376 g/mol. The Kier molecular flexibility index (Phi) is 6.27. The van der Waals surface area contributed by atoms with Gasteiger partial charge in [-0.3, -0.25) is 0 Å². The second-order valence-corrected chi connectivity index (χ2v) is 8.59. The molecule has 0 saturated carbocycles. The van der Waals surface area contributed by atoms with Crippen LogP contribution in [0.5, 0.6) is 0 Å². The molecule has 0 bridgehead atoms. The second-order valence-electron chi connectivity index (χ2n) is 6.89. The highest BCUT2D eigenvalue weighted by molar-refractivity contribution is 7.89. The van der Waals surface area contributed by atoms with Crippen molar-refractivity contribution in [3.63, 3.8) is 0 Å². The minimum Gasteiger partial charge on any atom is -0.375 e. The summed E-state index contributed by atoms with van der Waals surface area (Å²) in [6.45, 7) is 11.9. The lowest BCUT2D eigenvalue weighted by Gasteiger charge is -2.21. The lowest BCUT2D eigenvalue weighted by molar-refractivity contribution is 0.107. The molecule has 5 heteroatoms. The molecular formula is C21H29NO3S. The summed E-state index contributed by atoms with van der Waals surface area (Å²) in [4.78, 5) is 0.387. The van der Waals surface area contributed by atoms with Gasteiger partial charge in [0, 0.05) is 13.7 Å². The summed E-state index contributed by atoms with van der Waals surface area (Å²) in [5, 5.41) is 0. The molecule has 0 amide bonds. The first-order valence-corrected chi connectivity index (χ1v) is 10.2. The molecule has 1 unspecified atom stereocenters. The fourth-order valence-electron chi connectivity index (χ4n) is 3.39. The van der Waals surface area contributed by atoms with Crippen molar-refractivity contribution in [2.75, 3.05) is 13.7 Å². The Morgan fingerprint density at radius 2 is 1.38 bits per heavy atom. The number of hydrogen-bond donors (Lipinski definition) is 1. The van der Waals surface area contributed by atoms with Gasteiger partial charge in [0.1, 0.15) is 0 Å². The second kappa shape index (κ2) is 7.91. The zero-order valence-corrected chi connectivity index (χ0v) is 17.5. The standard InChI is InChI=1S/C21H29NO3S/c1-13-10-8-9-11-19(13)20(25-7)12-22-26(23,24)21-17(5)15(3)14(2)16(4)18(21)6/h8-11,20,22H,12H2,1-7H3. The van der Waals surface area contributed by atoms with Crippen LogP contribution in [0.1, 0.15) is 45.0 Å². The van der Waals surface area contributed by atoms with E-state index in [0.717, 1.165) is 38.9 Å². The minimum atomic E-state index is -3.64. The van der Waals surface area contributed by atoms with Gasteiger partial charge in [-0.1, -0.05) is 24.3 Å². The number of nitrogens with one attached hydrogen (secondary N) is 1. The van der Waals surface area contributed by atoms with E-state index in [9.17, 15) is 8.42 Å². The summed E-state index contributed by atoms with van der Waals surface area (Å²) >= 11 is 0. The van der Waals surface area contributed by atoms with E-state index >= 15 is 0 Å². The number of methoxy groups -OCH3 is 1. The number of aryl methyl sites for hydroxylation is 1. The van der Waals surface area contributed by atoms with E-state index in [-0.39, 0.29) is 12.6 Å².